The molecule has 1 atom stereocenters. The summed E-state index contributed by atoms with van der Waals surface area (Å²) < 4.78 is 20.1. The van der Waals surface area contributed by atoms with Crippen LogP contribution in [0.3, 0.4) is 0 Å². The molecule has 0 saturated carbocycles. The Bertz CT molecular complexity index is 938. The Balaban J connectivity index is 1.75. The number of benzene rings is 2. The first-order valence-corrected chi connectivity index (χ1v) is 8.86. The molecule has 3 rings (SSSR count). The van der Waals surface area contributed by atoms with Crippen molar-refractivity contribution in [2.24, 2.45) is 0 Å². The van der Waals surface area contributed by atoms with Gasteiger partial charge >= 0.3 is 0 Å². The number of nitrogens with zero attached hydrogens (tertiary/aromatic N) is 3. The fourth-order valence-corrected chi connectivity index (χ4v) is 3.00. The summed E-state index contributed by atoms with van der Waals surface area (Å²) in [4.78, 5) is 18.9. The smallest absolute Gasteiger partial charge is 0.269 e. The Labute approximate surface area is 163 Å². The van der Waals surface area contributed by atoms with Gasteiger partial charge in [0.25, 0.3) is 5.91 Å². The van der Waals surface area contributed by atoms with Gasteiger partial charge in [0.2, 0.25) is 0 Å². The first-order chi connectivity index (χ1) is 13.5. The number of rotatable bonds is 7. The van der Waals surface area contributed by atoms with Crippen LogP contribution in [0, 0.1) is 5.82 Å². The molecule has 0 spiro atoms. The van der Waals surface area contributed by atoms with Crippen molar-refractivity contribution in [1.82, 2.24) is 19.8 Å². The molecule has 0 aliphatic heterocycles. The lowest BCUT2D eigenvalue weighted by atomic mass is 10.1. The zero-order valence-corrected chi connectivity index (χ0v) is 16.1. The molecule has 1 aromatic heterocycles. The van der Waals surface area contributed by atoms with Crippen LogP contribution in [0.1, 0.15) is 22.1 Å². The molecular formula is C21H23FN4O2. The maximum absolute atomic E-state index is 13.2. The maximum Gasteiger partial charge on any atom is 0.269 e. The van der Waals surface area contributed by atoms with Gasteiger partial charge in [0.05, 0.1) is 25.7 Å². The van der Waals surface area contributed by atoms with Crippen LogP contribution < -0.4 is 10.1 Å². The van der Waals surface area contributed by atoms with E-state index in [1.807, 2.05) is 43.3 Å². The van der Waals surface area contributed by atoms with Crippen molar-refractivity contribution in [2.45, 2.75) is 6.04 Å². The summed E-state index contributed by atoms with van der Waals surface area (Å²) in [5, 5.41) is 2.97. The predicted octanol–water partition coefficient (Wildman–Crippen LogP) is 3.05. The third kappa shape index (κ3) is 4.37. The molecule has 1 N–H and O–H groups in total. The Morgan fingerprint density at radius 2 is 2.00 bits per heavy atom. The minimum Gasteiger partial charge on any atom is -0.497 e. The average Bonchev–Trinajstić information content (AvgIpc) is 3.18. The van der Waals surface area contributed by atoms with Crippen LogP contribution in [0.15, 0.2) is 61.1 Å². The summed E-state index contributed by atoms with van der Waals surface area (Å²) in [6, 6.07) is 13.7. The van der Waals surface area contributed by atoms with Gasteiger partial charge < -0.3 is 15.0 Å². The third-order valence-electron chi connectivity index (χ3n) is 4.53. The van der Waals surface area contributed by atoms with Crippen LogP contribution in [0.2, 0.25) is 0 Å². The topological polar surface area (TPSA) is 59.4 Å². The zero-order valence-electron chi connectivity index (χ0n) is 16.1. The highest BCUT2D eigenvalue weighted by molar-refractivity contribution is 5.93. The Morgan fingerprint density at radius 1 is 1.25 bits per heavy atom. The van der Waals surface area contributed by atoms with Crippen molar-refractivity contribution >= 4 is 5.91 Å². The van der Waals surface area contributed by atoms with Crippen LogP contribution in [0.5, 0.6) is 5.75 Å². The van der Waals surface area contributed by atoms with Gasteiger partial charge in [-0.3, -0.25) is 9.36 Å². The quantitative estimate of drug-likeness (QED) is 0.682. The molecule has 0 aliphatic carbocycles. The number of halogens is 1. The van der Waals surface area contributed by atoms with Crippen LogP contribution >= 0.6 is 0 Å². The monoisotopic (exact) mass is 382 g/mol. The summed E-state index contributed by atoms with van der Waals surface area (Å²) >= 11 is 0. The molecule has 1 unspecified atom stereocenters. The fraction of sp³-hybridized carbons (Fsp3) is 0.238. The second-order valence-electron chi connectivity index (χ2n) is 6.59. The largest absolute Gasteiger partial charge is 0.497 e. The van der Waals surface area contributed by atoms with Gasteiger partial charge in [0.15, 0.2) is 0 Å². The minimum absolute atomic E-state index is 0.0266. The molecular weight excluding hydrogens is 359 g/mol. The normalized spacial score (nSPS) is 12.0. The van der Waals surface area contributed by atoms with Crippen molar-refractivity contribution in [2.75, 3.05) is 27.7 Å². The van der Waals surface area contributed by atoms with E-state index >= 15 is 0 Å². The first kappa shape index (κ1) is 19.6. The van der Waals surface area contributed by atoms with E-state index in [4.69, 9.17) is 4.74 Å². The summed E-state index contributed by atoms with van der Waals surface area (Å²) in [7, 11) is 5.54. The number of carbonyl (C=O) groups is 1. The van der Waals surface area contributed by atoms with E-state index in [-0.39, 0.29) is 17.8 Å². The second-order valence-corrected chi connectivity index (χ2v) is 6.59. The van der Waals surface area contributed by atoms with Crippen molar-refractivity contribution in [3.05, 3.63) is 78.1 Å². The number of hydrogen-bond acceptors (Lipinski definition) is 4. The van der Waals surface area contributed by atoms with Crippen LogP contribution in [0.25, 0.3) is 5.69 Å². The van der Waals surface area contributed by atoms with Gasteiger partial charge in [-0.05, 0) is 56.1 Å². The third-order valence-corrected chi connectivity index (χ3v) is 4.53. The summed E-state index contributed by atoms with van der Waals surface area (Å²) in [6.07, 6.45) is 3.03. The predicted molar refractivity (Wildman–Crippen MR) is 105 cm³/mol. The molecule has 0 aliphatic rings. The molecule has 0 bridgehead atoms. The number of imidazole rings is 1. The maximum atomic E-state index is 13.2. The van der Waals surface area contributed by atoms with E-state index < -0.39 is 0 Å². The van der Waals surface area contributed by atoms with Crippen molar-refractivity contribution in [1.29, 1.82) is 0 Å². The lowest BCUT2D eigenvalue weighted by Gasteiger charge is -2.25. The van der Waals surface area contributed by atoms with Crippen molar-refractivity contribution in [3.8, 4) is 11.4 Å². The van der Waals surface area contributed by atoms with E-state index in [0.717, 1.165) is 11.3 Å². The first-order valence-electron chi connectivity index (χ1n) is 8.86. The van der Waals surface area contributed by atoms with E-state index in [0.29, 0.717) is 17.9 Å². The summed E-state index contributed by atoms with van der Waals surface area (Å²) in [5.74, 6) is 0.184. The number of aromatic nitrogens is 2. The Morgan fingerprint density at radius 3 is 2.68 bits per heavy atom. The van der Waals surface area contributed by atoms with Crippen molar-refractivity contribution in [3.63, 3.8) is 0 Å². The highest BCUT2D eigenvalue weighted by atomic mass is 19.1. The van der Waals surface area contributed by atoms with Crippen LogP contribution in [0.4, 0.5) is 4.39 Å². The number of amides is 1. The molecule has 7 heteroatoms. The summed E-state index contributed by atoms with van der Waals surface area (Å²) in [5.41, 5.74) is 2.09. The molecule has 146 valence electrons. The molecule has 0 saturated heterocycles. The molecule has 3 aromatic rings. The lowest BCUT2D eigenvalue weighted by Crippen LogP contribution is -2.35. The van der Waals surface area contributed by atoms with Gasteiger partial charge in [-0.25, -0.2) is 9.37 Å². The van der Waals surface area contributed by atoms with E-state index in [2.05, 4.69) is 10.3 Å². The van der Waals surface area contributed by atoms with E-state index in [9.17, 15) is 9.18 Å². The van der Waals surface area contributed by atoms with Crippen molar-refractivity contribution < 1.29 is 13.9 Å². The number of hydrogen-bond donors (Lipinski definition) is 1. The zero-order chi connectivity index (χ0) is 20.1. The Kier molecular flexibility index (Phi) is 6.06. The highest BCUT2D eigenvalue weighted by Gasteiger charge is 2.18. The minimum atomic E-state index is -0.331. The molecule has 1 heterocycles. The SMILES string of the molecule is COc1cccc(C(CNC(=O)c2cncn2-c2ccc(F)cc2)N(C)C)c1. The molecule has 1 amide bonds. The van der Waals surface area contributed by atoms with Gasteiger partial charge in [0.1, 0.15) is 17.3 Å². The standard InChI is InChI=1S/C21H23FN4O2/c1-25(2)19(15-5-4-6-18(11-15)28-3)13-24-21(27)20-12-23-14-26(20)17-9-7-16(22)8-10-17/h4-12,14,19H,13H2,1-3H3,(H,24,27). The number of ether oxygens (including phenoxy) is 1. The number of methoxy groups -OCH3 is 1. The van der Waals surface area contributed by atoms with Gasteiger partial charge in [0, 0.05) is 12.2 Å². The molecule has 0 fully saturated rings. The van der Waals surface area contributed by atoms with Gasteiger partial charge in [-0.15, -0.1) is 0 Å². The molecule has 6 nitrogen and oxygen atoms in total. The fourth-order valence-electron chi connectivity index (χ4n) is 3.00. The summed E-state index contributed by atoms with van der Waals surface area (Å²) in [6.45, 7) is 0.410. The molecule has 2 aromatic carbocycles. The number of carbonyl (C=O) groups excluding carboxylic acids is 1. The van der Waals surface area contributed by atoms with Gasteiger partial charge in [-0.1, -0.05) is 12.1 Å². The van der Waals surface area contributed by atoms with E-state index in [1.165, 1.54) is 24.7 Å². The Hall–Kier alpha value is -3.19. The number of nitrogens with one attached hydrogen (secondary N) is 1. The average molecular weight is 382 g/mol. The molecule has 28 heavy (non-hydrogen) atoms. The van der Waals surface area contributed by atoms with Gasteiger partial charge in [-0.2, -0.15) is 0 Å². The highest BCUT2D eigenvalue weighted by Crippen LogP contribution is 2.22. The lowest BCUT2D eigenvalue weighted by molar-refractivity contribution is 0.0935. The molecule has 0 radical (unpaired) electrons. The van der Waals surface area contributed by atoms with Crippen LogP contribution in [-0.4, -0.2) is 48.1 Å². The second kappa shape index (κ2) is 8.67. The van der Waals surface area contributed by atoms with Crippen LogP contribution in [-0.2, 0) is 0 Å². The van der Waals surface area contributed by atoms with E-state index in [1.54, 1.807) is 23.8 Å². The number of likely N-dealkylation sites (N-methyl/N-ethyl adjacent to an activating group) is 1.